The first kappa shape index (κ1) is 15.1. The summed E-state index contributed by atoms with van der Waals surface area (Å²) in [5, 5.41) is 10.8. The van der Waals surface area contributed by atoms with Gasteiger partial charge in [0.15, 0.2) is 5.96 Å². The van der Waals surface area contributed by atoms with Crippen LogP contribution in [0.2, 0.25) is 0 Å². The molecule has 1 aromatic heterocycles. The molecule has 0 bridgehead atoms. The number of nitrogens with zero attached hydrogens (tertiary/aromatic N) is 3. The standard InChI is InChI=1S/C16H23N5/c1-17-16(19-12-14-21-13-6-11-20-21)18-10-5-9-15-7-3-2-4-8-15/h2-4,6-8,11,13H,5,9-10,12,14H2,1H3,(H2,17,18,19). The predicted octanol–water partition coefficient (Wildman–Crippen LogP) is 1.68. The molecule has 0 aliphatic rings. The van der Waals surface area contributed by atoms with Crippen LogP contribution in [0.5, 0.6) is 0 Å². The van der Waals surface area contributed by atoms with Crippen molar-refractivity contribution in [1.82, 2.24) is 20.4 Å². The fourth-order valence-corrected chi connectivity index (χ4v) is 2.09. The van der Waals surface area contributed by atoms with E-state index in [1.165, 1.54) is 5.56 Å². The summed E-state index contributed by atoms with van der Waals surface area (Å²) in [6.45, 7) is 2.55. The van der Waals surface area contributed by atoms with Gasteiger partial charge in [-0.15, -0.1) is 0 Å². The van der Waals surface area contributed by atoms with Crippen molar-refractivity contribution in [2.75, 3.05) is 20.1 Å². The number of guanidine groups is 1. The molecule has 2 N–H and O–H groups in total. The van der Waals surface area contributed by atoms with Crippen molar-refractivity contribution in [3.8, 4) is 0 Å². The highest BCUT2D eigenvalue weighted by Crippen LogP contribution is 2.01. The summed E-state index contributed by atoms with van der Waals surface area (Å²) in [5.74, 6) is 0.843. The molecule has 0 unspecified atom stereocenters. The van der Waals surface area contributed by atoms with Crippen LogP contribution in [-0.2, 0) is 13.0 Å². The fourth-order valence-electron chi connectivity index (χ4n) is 2.09. The Balaban J connectivity index is 1.59. The molecule has 0 saturated heterocycles. The number of hydrogen-bond acceptors (Lipinski definition) is 2. The number of aryl methyl sites for hydroxylation is 1. The van der Waals surface area contributed by atoms with E-state index in [2.05, 4.69) is 45.0 Å². The van der Waals surface area contributed by atoms with Crippen molar-refractivity contribution in [2.24, 2.45) is 4.99 Å². The second-order valence-corrected chi connectivity index (χ2v) is 4.78. The zero-order valence-corrected chi connectivity index (χ0v) is 12.5. The smallest absolute Gasteiger partial charge is 0.191 e. The normalized spacial score (nSPS) is 11.4. The van der Waals surface area contributed by atoms with Gasteiger partial charge in [-0.2, -0.15) is 5.10 Å². The van der Waals surface area contributed by atoms with E-state index in [1.54, 1.807) is 13.2 Å². The monoisotopic (exact) mass is 285 g/mol. The van der Waals surface area contributed by atoms with Crippen LogP contribution in [0.4, 0.5) is 0 Å². The highest BCUT2D eigenvalue weighted by Gasteiger charge is 1.97. The molecule has 0 aliphatic carbocycles. The van der Waals surface area contributed by atoms with E-state index in [-0.39, 0.29) is 0 Å². The van der Waals surface area contributed by atoms with Gasteiger partial charge in [0.1, 0.15) is 0 Å². The van der Waals surface area contributed by atoms with E-state index in [0.717, 1.165) is 38.4 Å². The number of rotatable bonds is 7. The second kappa shape index (κ2) is 8.79. The van der Waals surface area contributed by atoms with E-state index in [1.807, 2.05) is 23.0 Å². The van der Waals surface area contributed by atoms with Gasteiger partial charge in [0.2, 0.25) is 0 Å². The maximum absolute atomic E-state index is 4.22. The largest absolute Gasteiger partial charge is 0.356 e. The van der Waals surface area contributed by atoms with Crippen LogP contribution in [0, 0.1) is 0 Å². The average Bonchev–Trinajstić information content (AvgIpc) is 3.04. The quantitative estimate of drug-likeness (QED) is 0.462. The van der Waals surface area contributed by atoms with Crippen molar-refractivity contribution in [3.63, 3.8) is 0 Å². The van der Waals surface area contributed by atoms with Crippen LogP contribution >= 0.6 is 0 Å². The van der Waals surface area contributed by atoms with Crippen LogP contribution in [0.15, 0.2) is 53.8 Å². The van der Waals surface area contributed by atoms with Crippen LogP contribution in [0.25, 0.3) is 0 Å². The molecule has 5 nitrogen and oxygen atoms in total. The molecule has 0 atom stereocenters. The highest BCUT2D eigenvalue weighted by molar-refractivity contribution is 5.79. The maximum Gasteiger partial charge on any atom is 0.191 e. The minimum absolute atomic E-state index is 0.806. The van der Waals surface area contributed by atoms with E-state index in [0.29, 0.717) is 0 Å². The fraction of sp³-hybridized carbons (Fsp3) is 0.375. The van der Waals surface area contributed by atoms with Crippen LogP contribution in [0.1, 0.15) is 12.0 Å². The van der Waals surface area contributed by atoms with E-state index < -0.39 is 0 Å². The first-order valence-corrected chi connectivity index (χ1v) is 7.34. The molecule has 0 amide bonds. The number of hydrogen-bond donors (Lipinski definition) is 2. The Morgan fingerprint density at radius 2 is 1.95 bits per heavy atom. The maximum atomic E-state index is 4.22. The molecule has 21 heavy (non-hydrogen) atoms. The summed E-state index contributed by atoms with van der Waals surface area (Å²) in [6, 6.07) is 12.5. The summed E-state index contributed by atoms with van der Waals surface area (Å²) in [6.07, 6.45) is 5.91. The number of aromatic nitrogens is 2. The zero-order valence-electron chi connectivity index (χ0n) is 12.5. The first-order chi connectivity index (χ1) is 10.4. The molecule has 2 rings (SSSR count). The van der Waals surface area contributed by atoms with Gasteiger partial charge in [-0.1, -0.05) is 30.3 Å². The summed E-state index contributed by atoms with van der Waals surface area (Å²) in [5.41, 5.74) is 1.38. The molecule has 0 fully saturated rings. The minimum atomic E-state index is 0.806. The van der Waals surface area contributed by atoms with Crippen molar-refractivity contribution in [2.45, 2.75) is 19.4 Å². The van der Waals surface area contributed by atoms with Crippen molar-refractivity contribution in [1.29, 1.82) is 0 Å². The van der Waals surface area contributed by atoms with Gasteiger partial charge < -0.3 is 10.6 Å². The molecule has 0 aliphatic heterocycles. The Kier molecular flexibility index (Phi) is 6.32. The molecule has 1 heterocycles. The molecular formula is C16H23N5. The van der Waals surface area contributed by atoms with Gasteiger partial charge in [-0.05, 0) is 24.5 Å². The van der Waals surface area contributed by atoms with Gasteiger partial charge in [-0.25, -0.2) is 0 Å². The minimum Gasteiger partial charge on any atom is -0.356 e. The van der Waals surface area contributed by atoms with Crippen molar-refractivity contribution in [3.05, 3.63) is 54.4 Å². The van der Waals surface area contributed by atoms with Gasteiger partial charge in [0, 0.05) is 32.5 Å². The van der Waals surface area contributed by atoms with Gasteiger partial charge >= 0.3 is 0 Å². The predicted molar refractivity (Wildman–Crippen MR) is 86.4 cm³/mol. The Morgan fingerprint density at radius 1 is 1.14 bits per heavy atom. The molecule has 0 radical (unpaired) electrons. The Hall–Kier alpha value is -2.30. The Bertz CT molecular complexity index is 519. The van der Waals surface area contributed by atoms with Gasteiger partial charge in [-0.3, -0.25) is 9.67 Å². The SMILES string of the molecule is CN=C(NCCCc1ccccc1)NCCn1cccn1. The molecular weight excluding hydrogens is 262 g/mol. The molecule has 2 aromatic rings. The Morgan fingerprint density at radius 3 is 2.67 bits per heavy atom. The van der Waals surface area contributed by atoms with Gasteiger partial charge in [0.05, 0.1) is 6.54 Å². The lowest BCUT2D eigenvalue weighted by Gasteiger charge is -2.11. The number of aliphatic imine (C=N–C) groups is 1. The summed E-state index contributed by atoms with van der Waals surface area (Å²) in [7, 11) is 1.79. The molecule has 0 saturated carbocycles. The van der Waals surface area contributed by atoms with E-state index >= 15 is 0 Å². The van der Waals surface area contributed by atoms with E-state index in [4.69, 9.17) is 0 Å². The molecule has 112 valence electrons. The number of benzene rings is 1. The van der Waals surface area contributed by atoms with E-state index in [9.17, 15) is 0 Å². The Labute approximate surface area is 126 Å². The first-order valence-electron chi connectivity index (χ1n) is 7.34. The third-order valence-electron chi connectivity index (χ3n) is 3.19. The highest BCUT2D eigenvalue weighted by atomic mass is 15.3. The lowest BCUT2D eigenvalue weighted by molar-refractivity contribution is 0.597. The summed E-state index contributed by atoms with van der Waals surface area (Å²) in [4.78, 5) is 4.22. The van der Waals surface area contributed by atoms with Crippen LogP contribution in [0.3, 0.4) is 0 Å². The lowest BCUT2D eigenvalue weighted by Crippen LogP contribution is -2.39. The van der Waals surface area contributed by atoms with Crippen LogP contribution in [-0.4, -0.2) is 35.9 Å². The van der Waals surface area contributed by atoms with Gasteiger partial charge in [0.25, 0.3) is 0 Å². The molecule has 1 aromatic carbocycles. The average molecular weight is 285 g/mol. The topological polar surface area (TPSA) is 54.2 Å². The summed E-state index contributed by atoms with van der Waals surface area (Å²) >= 11 is 0. The third-order valence-corrected chi connectivity index (χ3v) is 3.19. The summed E-state index contributed by atoms with van der Waals surface area (Å²) < 4.78 is 1.90. The zero-order chi connectivity index (χ0) is 14.8. The number of nitrogens with one attached hydrogen (secondary N) is 2. The molecule has 0 spiro atoms. The second-order valence-electron chi connectivity index (χ2n) is 4.78. The molecule has 5 heteroatoms. The van der Waals surface area contributed by atoms with Crippen molar-refractivity contribution < 1.29 is 0 Å². The lowest BCUT2D eigenvalue weighted by atomic mass is 10.1. The van der Waals surface area contributed by atoms with Crippen molar-refractivity contribution >= 4 is 5.96 Å². The third kappa shape index (κ3) is 5.69. The van der Waals surface area contributed by atoms with Crippen LogP contribution < -0.4 is 10.6 Å².